The van der Waals surface area contributed by atoms with Gasteiger partial charge in [-0.1, -0.05) is 0 Å². The molecule has 0 atom stereocenters. The van der Waals surface area contributed by atoms with Crippen molar-refractivity contribution in [1.29, 1.82) is 0 Å². The Labute approximate surface area is 134 Å². The average molecular weight is 305 g/mol. The summed E-state index contributed by atoms with van der Waals surface area (Å²) in [5, 5.41) is 0. The van der Waals surface area contributed by atoms with Crippen molar-refractivity contribution in [1.82, 2.24) is 14.7 Å². The second-order valence-electron chi connectivity index (χ2n) is 6.91. The van der Waals surface area contributed by atoms with E-state index in [-0.39, 0.29) is 0 Å². The van der Waals surface area contributed by atoms with Gasteiger partial charge in [-0.05, 0) is 0 Å². The van der Waals surface area contributed by atoms with Crippen LogP contribution in [-0.4, -0.2) is 115 Å². The van der Waals surface area contributed by atoms with Crippen molar-refractivity contribution < 1.29 is 13.5 Å². The van der Waals surface area contributed by atoms with Crippen LogP contribution in [-0.2, 0) is 0 Å². The molecular formula is C15H30BN6+3. The predicted molar refractivity (Wildman–Crippen MR) is 91.1 cm³/mol. The lowest BCUT2D eigenvalue weighted by Crippen LogP contribution is -2.59. The lowest BCUT2D eigenvalue weighted by atomic mass is 9.87. The molecule has 0 aromatic carbocycles. The molecule has 0 bridgehead atoms. The van der Waals surface area contributed by atoms with Crippen molar-refractivity contribution in [2.24, 2.45) is 0 Å². The van der Waals surface area contributed by atoms with E-state index in [1.807, 2.05) is 0 Å². The minimum atomic E-state index is 0.299. The van der Waals surface area contributed by atoms with Gasteiger partial charge in [-0.3, -0.25) is 14.7 Å². The summed E-state index contributed by atoms with van der Waals surface area (Å²) in [4.78, 5) is 6.95. The first-order valence-electron chi connectivity index (χ1n) is 8.56. The van der Waals surface area contributed by atoms with Gasteiger partial charge < -0.3 is 0 Å². The van der Waals surface area contributed by atoms with Crippen LogP contribution in [0.4, 0.5) is 0 Å². The van der Waals surface area contributed by atoms with Crippen molar-refractivity contribution in [3.05, 3.63) is 0 Å². The monoisotopic (exact) mass is 305 g/mol. The molecule has 0 aromatic heterocycles. The molecule has 3 heterocycles. The van der Waals surface area contributed by atoms with Gasteiger partial charge >= 0.3 is 7.12 Å². The molecule has 7 heteroatoms. The molecule has 3 rings (SSSR count). The molecule has 0 N–H and O–H groups in total. The van der Waals surface area contributed by atoms with Crippen molar-refractivity contribution in [3.63, 3.8) is 0 Å². The second-order valence-corrected chi connectivity index (χ2v) is 6.91. The smallest absolute Gasteiger partial charge is 0.272 e. The van der Waals surface area contributed by atoms with E-state index < -0.39 is 0 Å². The molecule has 0 amide bonds. The van der Waals surface area contributed by atoms with E-state index in [1.54, 1.807) is 0 Å². The second kappa shape index (κ2) is 6.71. The first-order chi connectivity index (χ1) is 10.6. The molecule has 0 unspecified atom stereocenters. The van der Waals surface area contributed by atoms with Crippen LogP contribution in [0.1, 0.15) is 19.3 Å². The van der Waals surface area contributed by atoms with Crippen LogP contribution in [0.15, 0.2) is 0 Å². The minimum absolute atomic E-state index is 0.299. The highest BCUT2D eigenvalue weighted by molar-refractivity contribution is 6.33. The Morgan fingerprint density at radius 2 is 0.955 bits per heavy atom. The van der Waals surface area contributed by atoms with E-state index in [4.69, 9.17) is 0 Å². The molecule has 0 saturated heterocycles. The molecule has 0 fully saturated rings. The molecule has 0 radical (unpaired) electrons. The Hall–Kier alpha value is -1.53. The largest absolute Gasteiger partial charge is 0.864 e. The third-order valence-electron chi connectivity index (χ3n) is 4.71. The topological polar surface area (TPSA) is 18.8 Å². The van der Waals surface area contributed by atoms with Crippen LogP contribution in [0.2, 0.25) is 0 Å². The molecule has 22 heavy (non-hydrogen) atoms. The van der Waals surface area contributed by atoms with Crippen molar-refractivity contribution >= 4 is 26.1 Å². The van der Waals surface area contributed by atoms with Gasteiger partial charge in [0.1, 0.15) is 0 Å². The van der Waals surface area contributed by atoms with Crippen LogP contribution in [0.25, 0.3) is 0 Å². The summed E-state index contributed by atoms with van der Waals surface area (Å²) in [7, 11) is 6.84. The van der Waals surface area contributed by atoms with Crippen LogP contribution in [0.3, 0.4) is 0 Å². The summed E-state index contributed by atoms with van der Waals surface area (Å²) in [6.45, 7) is 6.90. The molecule has 0 aliphatic carbocycles. The summed E-state index contributed by atoms with van der Waals surface area (Å²) < 4.78 is 7.53. The maximum absolute atomic E-state index is 2.51. The predicted octanol–water partition coefficient (Wildman–Crippen LogP) is -0.900. The molecular weight excluding hydrogens is 275 g/mol. The highest BCUT2D eigenvalue weighted by Crippen LogP contribution is 2.06. The van der Waals surface area contributed by atoms with Crippen LogP contribution in [0, 0.1) is 0 Å². The Morgan fingerprint density at radius 1 is 0.636 bits per heavy atom. The van der Waals surface area contributed by atoms with Gasteiger partial charge in [-0.15, -0.1) is 0 Å². The maximum Gasteiger partial charge on any atom is 0.864 e. The summed E-state index contributed by atoms with van der Waals surface area (Å²) in [6.07, 6.45) is 10.6. The highest BCUT2D eigenvalue weighted by atomic mass is 15.3. The first-order valence-corrected chi connectivity index (χ1v) is 8.56. The first kappa shape index (κ1) is 15.4. The normalized spacial score (nSPS) is 23.0. The highest BCUT2D eigenvalue weighted by Gasteiger charge is 2.49. The summed E-state index contributed by atoms with van der Waals surface area (Å²) in [6, 6.07) is 0. The number of hydrogen-bond acceptors (Lipinski definition) is 3. The van der Waals surface area contributed by atoms with Gasteiger partial charge in [0.15, 0.2) is 0 Å². The standard InChI is InChI=1S/C15H30BN6/c1-17-7-4-10-20(13-17)16(21-11-5-8-18(2)14-21)22-12-6-9-19(3)15-22/h13-15H,4-12H2,1-3H3/q+3. The van der Waals surface area contributed by atoms with Crippen molar-refractivity contribution in [3.8, 4) is 0 Å². The van der Waals surface area contributed by atoms with Crippen molar-refractivity contribution in [2.45, 2.75) is 19.3 Å². The van der Waals surface area contributed by atoms with E-state index in [2.05, 4.69) is 68.3 Å². The Bertz CT molecular complexity index is 429. The number of rotatable bonds is 3. The van der Waals surface area contributed by atoms with Crippen LogP contribution < -0.4 is 0 Å². The minimum Gasteiger partial charge on any atom is -0.272 e. The quantitative estimate of drug-likeness (QED) is 0.630. The zero-order valence-corrected chi connectivity index (χ0v) is 14.4. The lowest BCUT2D eigenvalue weighted by Gasteiger charge is -2.25. The van der Waals surface area contributed by atoms with E-state index >= 15 is 0 Å². The zero-order chi connectivity index (χ0) is 15.5. The van der Waals surface area contributed by atoms with Gasteiger partial charge in [0.2, 0.25) is 19.0 Å². The lowest BCUT2D eigenvalue weighted by molar-refractivity contribution is -0.640. The van der Waals surface area contributed by atoms with E-state index in [0.717, 1.165) is 39.3 Å². The van der Waals surface area contributed by atoms with E-state index in [9.17, 15) is 0 Å². The summed E-state index contributed by atoms with van der Waals surface area (Å²) in [5.74, 6) is 0. The Balaban J connectivity index is 1.95. The number of hydrogen-bond donors (Lipinski definition) is 0. The molecule has 0 spiro atoms. The maximum atomic E-state index is 2.51. The SMILES string of the molecule is CN1C=[N+](B([N+]2=CN(C)CCC2)[N+]2=CN(C)CCC2)CCC1. The number of nitrogens with zero attached hydrogens (tertiary/aromatic N) is 6. The van der Waals surface area contributed by atoms with E-state index in [1.165, 1.54) is 19.3 Å². The molecule has 6 nitrogen and oxygen atoms in total. The Morgan fingerprint density at radius 3 is 1.23 bits per heavy atom. The molecule has 0 saturated carbocycles. The van der Waals surface area contributed by atoms with Gasteiger partial charge in [-0.2, -0.15) is 0 Å². The molecule has 120 valence electrons. The third-order valence-corrected chi connectivity index (χ3v) is 4.71. The van der Waals surface area contributed by atoms with Crippen LogP contribution >= 0.6 is 0 Å². The Kier molecular flexibility index (Phi) is 4.69. The molecule has 3 aliphatic rings. The van der Waals surface area contributed by atoms with Gasteiger partial charge in [0, 0.05) is 19.3 Å². The average Bonchev–Trinajstić information content (AvgIpc) is 2.48. The summed E-state index contributed by atoms with van der Waals surface area (Å²) >= 11 is 0. The zero-order valence-electron chi connectivity index (χ0n) is 14.4. The van der Waals surface area contributed by atoms with Crippen molar-refractivity contribution in [2.75, 3.05) is 60.4 Å². The molecule has 0 aromatic rings. The van der Waals surface area contributed by atoms with Crippen LogP contribution in [0.5, 0.6) is 0 Å². The fraction of sp³-hybridized carbons (Fsp3) is 0.800. The van der Waals surface area contributed by atoms with Gasteiger partial charge in [-0.25, -0.2) is 13.5 Å². The third kappa shape index (κ3) is 3.44. The fourth-order valence-corrected chi connectivity index (χ4v) is 3.71. The van der Waals surface area contributed by atoms with Gasteiger partial charge in [0.05, 0.1) is 60.4 Å². The summed E-state index contributed by atoms with van der Waals surface area (Å²) in [5.41, 5.74) is 0. The van der Waals surface area contributed by atoms with Gasteiger partial charge in [0.25, 0.3) is 0 Å². The fourth-order valence-electron chi connectivity index (χ4n) is 3.71. The van der Waals surface area contributed by atoms with E-state index in [0.29, 0.717) is 7.12 Å². The molecule has 3 aliphatic heterocycles.